The molecule has 0 bridgehead atoms. The van der Waals surface area contributed by atoms with Gasteiger partial charge >= 0.3 is 5.97 Å². The molecule has 5 rings (SSSR count). The molecule has 33 heavy (non-hydrogen) atoms. The number of aliphatic carboxylic acids is 1. The Morgan fingerprint density at radius 1 is 1.06 bits per heavy atom. The number of hydrogen-bond acceptors (Lipinski definition) is 8. The van der Waals surface area contributed by atoms with Gasteiger partial charge < -0.3 is 39.7 Å². The molecule has 1 saturated carbocycles. The SMILES string of the molecule is CC(=O)N1CCN2CC3CCCC3c3cccc(c32)C1OC1OC(C(=O)O)C(O)C(O)C1O. The third kappa shape index (κ3) is 3.70. The maximum Gasteiger partial charge on any atom is 0.335 e. The van der Waals surface area contributed by atoms with Crippen molar-refractivity contribution in [2.45, 2.75) is 69.0 Å². The van der Waals surface area contributed by atoms with Crippen LogP contribution in [-0.4, -0.2) is 87.5 Å². The van der Waals surface area contributed by atoms with E-state index < -0.39 is 42.9 Å². The molecule has 4 aliphatic rings. The highest BCUT2D eigenvalue weighted by atomic mass is 16.7. The lowest BCUT2D eigenvalue weighted by Crippen LogP contribution is -2.61. The van der Waals surface area contributed by atoms with E-state index >= 15 is 0 Å². The number of fused-ring (bicyclic) bond motifs is 2. The summed E-state index contributed by atoms with van der Waals surface area (Å²) in [7, 11) is 0. The Morgan fingerprint density at radius 3 is 2.55 bits per heavy atom. The minimum Gasteiger partial charge on any atom is -0.479 e. The van der Waals surface area contributed by atoms with Crippen molar-refractivity contribution in [1.29, 1.82) is 0 Å². The first kappa shape index (κ1) is 22.5. The first-order chi connectivity index (χ1) is 15.8. The van der Waals surface area contributed by atoms with Gasteiger partial charge in [-0.05, 0) is 30.2 Å². The summed E-state index contributed by atoms with van der Waals surface area (Å²) >= 11 is 0. The molecule has 180 valence electrons. The van der Waals surface area contributed by atoms with Gasteiger partial charge in [0.25, 0.3) is 0 Å². The second-order valence-corrected chi connectivity index (χ2v) is 9.46. The van der Waals surface area contributed by atoms with Crippen molar-refractivity contribution >= 4 is 17.6 Å². The van der Waals surface area contributed by atoms with Crippen LogP contribution in [0.5, 0.6) is 0 Å². The normalized spacial score (nSPS) is 37.8. The van der Waals surface area contributed by atoms with Crippen LogP contribution in [-0.2, 0) is 19.1 Å². The standard InChI is InChI=1S/C23H30N2O8/c1-11(26)25-9-8-24-10-12-4-2-5-13(12)14-6-3-7-15(16(14)24)21(25)33-23-19(29)17(27)18(28)20(32-23)22(30)31/h3,6-7,12-13,17-21,23,27-29H,2,4-5,8-10H2,1H3,(H,30,31). The fourth-order valence-electron chi connectivity index (χ4n) is 5.96. The van der Waals surface area contributed by atoms with E-state index in [0.717, 1.165) is 24.2 Å². The number of ether oxygens (including phenoxy) is 2. The molecule has 3 aliphatic heterocycles. The molecule has 4 N–H and O–H groups in total. The number of para-hydroxylation sites is 1. The van der Waals surface area contributed by atoms with E-state index in [0.29, 0.717) is 24.9 Å². The smallest absolute Gasteiger partial charge is 0.335 e. The quantitative estimate of drug-likeness (QED) is 0.494. The van der Waals surface area contributed by atoms with Crippen molar-refractivity contribution in [1.82, 2.24) is 4.90 Å². The summed E-state index contributed by atoms with van der Waals surface area (Å²) in [4.78, 5) is 28.0. The molecule has 1 aromatic rings. The first-order valence-electron chi connectivity index (χ1n) is 11.5. The highest BCUT2D eigenvalue weighted by Gasteiger charge is 2.49. The zero-order valence-electron chi connectivity index (χ0n) is 18.4. The molecule has 1 saturated heterocycles. The summed E-state index contributed by atoms with van der Waals surface area (Å²) in [5, 5.41) is 40.1. The van der Waals surface area contributed by atoms with Crippen molar-refractivity contribution in [3.8, 4) is 0 Å². The Bertz CT molecular complexity index is 941. The second-order valence-electron chi connectivity index (χ2n) is 9.46. The number of nitrogens with zero attached hydrogens (tertiary/aromatic N) is 2. The van der Waals surface area contributed by atoms with Gasteiger partial charge in [0.15, 0.2) is 18.6 Å². The summed E-state index contributed by atoms with van der Waals surface area (Å²) in [5.74, 6) is -0.696. The number of benzene rings is 1. The molecule has 10 heteroatoms. The lowest BCUT2D eigenvalue weighted by atomic mass is 9.82. The fraction of sp³-hybridized carbons (Fsp3) is 0.652. The van der Waals surface area contributed by atoms with Crippen LogP contribution in [0.3, 0.4) is 0 Å². The van der Waals surface area contributed by atoms with Gasteiger partial charge in [-0.25, -0.2) is 4.79 Å². The number of carboxylic acids is 1. The topological polar surface area (TPSA) is 140 Å². The van der Waals surface area contributed by atoms with Crippen LogP contribution in [0.4, 0.5) is 5.69 Å². The third-order valence-electron chi connectivity index (χ3n) is 7.57. The number of rotatable bonds is 3. The van der Waals surface area contributed by atoms with Gasteiger partial charge in [0.05, 0.1) is 0 Å². The largest absolute Gasteiger partial charge is 0.479 e. The van der Waals surface area contributed by atoms with Crippen LogP contribution in [0.15, 0.2) is 18.2 Å². The van der Waals surface area contributed by atoms with Crippen LogP contribution in [0.25, 0.3) is 0 Å². The molecule has 1 aliphatic carbocycles. The summed E-state index contributed by atoms with van der Waals surface area (Å²) in [6.07, 6.45) is -6.07. The van der Waals surface area contributed by atoms with Gasteiger partial charge in [-0.3, -0.25) is 4.79 Å². The van der Waals surface area contributed by atoms with Crippen molar-refractivity contribution in [3.63, 3.8) is 0 Å². The summed E-state index contributed by atoms with van der Waals surface area (Å²) in [5.41, 5.74) is 2.99. The zero-order chi connectivity index (χ0) is 23.4. The second kappa shape index (κ2) is 8.52. The highest BCUT2D eigenvalue weighted by Crippen LogP contribution is 2.51. The average molecular weight is 462 g/mol. The molecule has 0 spiro atoms. The number of aliphatic hydroxyl groups excluding tert-OH is 3. The minimum absolute atomic E-state index is 0.238. The maximum absolute atomic E-state index is 12.6. The van der Waals surface area contributed by atoms with E-state index in [9.17, 15) is 30.0 Å². The Morgan fingerprint density at radius 2 is 1.82 bits per heavy atom. The highest BCUT2D eigenvalue weighted by molar-refractivity contribution is 5.75. The van der Waals surface area contributed by atoms with E-state index in [1.165, 1.54) is 30.2 Å². The molecule has 0 radical (unpaired) electrons. The Balaban J connectivity index is 1.54. The van der Waals surface area contributed by atoms with E-state index in [1.807, 2.05) is 12.1 Å². The van der Waals surface area contributed by atoms with E-state index in [4.69, 9.17) is 9.47 Å². The van der Waals surface area contributed by atoms with Gasteiger partial charge in [-0.1, -0.05) is 24.6 Å². The molecule has 1 amide bonds. The van der Waals surface area contributed by atoms with E-state index in [1.54, 1.807) is 0 Å². The minimum atomic E-state index is -1.81. The Labute approximate surface area is 191 Å². The van der Waals surface area contributed by atoms with E-state index in [-0.39, 0.29) is 5.91 Å². The van der Waals surface area contributed by atoms with Crippen LogP contribution < -0.4 is 4.90 Å². The lowest BCUT2D eigenvalue weighted by molar-refractivity contribution is -0.316. The van der Waals surface area contributed by atoms with E-state index in [2.05, 4.69) is 11.0 Å². The number of hydrogen-bond donors (Lipinski definition) is 4. The van der Waals surface area contributed by atoms with Gasteiger partial charge in [0.2, 0.25) is 5.91 Å². The number of amides is 1. The van der Waals surface area contributed by atoms with Crippen molar-refractivity contribution in [3.05, 3.63) is 29.3 Å². The Kier molecular flexibility index (Phi) is 5.82. The van der Waals surface area contributed by atoms with Crippen LogP contribution in [0, 0.1) is 5.92 Å². The van der Waals surface area contributed by atoms with Crippen molar-refractivity contribution < 1.29 is 39.5 Å². The molecule has 10 nitrogen and oxygen atoms in total. The third-order valence-corrected chi connectivity index (χ3v) is 7.57. The van der Waals surface area contributed by atoms with Crippen LogP contribution in [0.1, 0.15) is 49.5 Å². The van der Waals surface area contributed by atoms with Gasteiger partial charge in [0, 0.05) is 37.8 Å². The summed E-state index contributed by atoms with van der Waals surface area (Å²) < 4.78 is 11.4. The number of carboxylic acid groups (broad SMARTS) is 1. The number of anilines is 1. The van der Waals surface area contributed by atoms with Gasteiger partial charge in [-0.15, -0.1) is 0 Å². The molecule has 8 atom stereocenters. The summed E-state index contributed by atoms with van der Waals surface area (Å²) in [6, 6.07) is 5.94. The molecule has 1 aromatic carbocycles. The molecular weight excluding hydrogens is 432 g/mol. The zero-order valence-corrected chi connectivity index (χ0v) is 18.4. The number of carbonyl (C=O) groups excluding carboxylic acids is 1. The average Bonchev–Trinajstić information content (AvgIpc) is 3.20. The van der Waals surface area contributed by atoms with Crippen LogP contribution in [0.2, 0.25) is 0 Å². The first-order valence-corrected chi connectivity index (χ1v) is 11.5. The predicted molar refractivity (Wildman–Crippen MR) is 114 cm³/mol. The van der Waals surface area contributed by atoms with Crippen LogP contribution >= 0.6 is 0 Å². The number of aliphatic hydroxyl groups is 3. The molecule has 3 heterocycles. The lowest BCUT2D eigenvalue weighted by Gasteiger charge is -2.42. The molecule has 2 fully saturated rings. The number of carbonyl (C=O) groups is 2. The monoisotopic (exact) mass is 462 g/mol. The predicted octanol–water partition coefficient (Wildman–Crippen LogP) is 0.160. The van der Waals surface area contributed by atoms with Crippen molar-refractivity contribution in [2.24, 2.45) is 5.92 Å². The molecule has 8 unspecified atom stereocenters. The van der Waals surface area contributed by atoms with Crippen molar-refractivity contribution in [2.75, 3.05) is 24.5 Å². The Hall–Kier alpha value is -2.24. The maximum atomic E-state index is 12.6. The molecule has 0 aromatic heterocycles. The summed E-state index contributed by atoms with van der Waals surface area (Å²) in [6.45, 7) is 3.34. The molecular formula is C23H30N2O8. The fourth-order valence-corrected chi connectivity index (χ4v) is 5.96. The van der Waals surface area contributed by atoms with Gasteiger partial charge in [0.1, 0.15) is 18.3 Å². The van der Waals surface area contributed by atoms with Gasteiger partial charge in [-0.2, -0.15) is 0 Å².